The Bertz CT molecular complexity index is 917. The molecule has 0 spiro atoms. The van der Waals surface area contributed by atoms with E-state index in [1.807, 2.05) is 0 Å². The molecule has 0 fully saturated rings. The molecule has 0 saturated heterocycles. The van der Waals surface area contributed by atoms with Gasteiger partial charge in [-0.3, -0.25) is 19.1 Å². The van der Waals surface area contributed by atoms with Crippen molar-refractivity contribution in [3.63, 3.8) is 0 Å². The molecule has 0 aliphatic heterocycles. The Hall–Kier alpha value is -2.52. The number of esters is 1. The van der Waals surface area contributed by atoms with Gasteiger partial charge in [-0.2, -0.15) is 0 Å². The van der Waals surface area contributed by atoms with E-state index < -0.39 is 27.9 Å². The number of rotatable bonds is 9. The molecular weight excluding hydrogens is 390 g/mol. The first-order valence-corrected chi connectivity index (χ1v) is 10.8. The molecular formula is C18H19NO6S2. The van der Waals surface area contributed by atoms with Gasteiger partial charge in [0.05, 0.1) is 17.6 Å². The van der Waals surface area contributed by atoms with Gasteiger partial charge in [-0.1, -0.05) is 6.07 Å². The molecule has 1 N–H and O–H groups in total. The number of sulfonamides is 1. The highest BCUT2D eigenvalue weighted by Crippen LogP contribution is 2.15. The van der Waals surface area contributed by atoms with E-state index in [0.29, 0.717) is 10.6 Å². The van der Waals surface area contributed by atoms with Crippen LogP contribution in [0, 0.1) is 0 Å². The summed E-state index contributed by atoms with van der Waals surface area (Å²) < 4.78 is 29.7. The van der Waals surface area contributed by atoms with Gasteiger partial charge in [0.1, 0.15) is 0 Å². The molecule has 1 heterocycles. The third-order valence-electron chi connectivity index (χ3n) is 3.50. The zero-order valence-corrected chi connectivity index (χ0v) is 16.4. The van der Waals surface area contributed by atoms with E-state index in [2.05, 4.69) is 4.72 Å². The molecule has 1 aromatic heterocycles. The number of carbonyl (C=O) groups excluding carboxylic acids is 3. The summed E-state index contributed by atoms with van der Waals surface area (Å²) in [5, 5.41) is 1.78. The third kappa shape index (κ3) is 6.61. The lowest BCUT2D eigenvalue weighted by molar-refractivity contribution is -0.146. The Morgan fingerprint density at radius 3 is 2.33 bits per heavy atom. The topological polar surface area (TPSA) is 107 Å². The second kappa shape index (κ2) is 8.92. The van der Waals surface area contributed by atoms with E-state index in [0.717, 1.165) is 6.26 Å². The van der Waals surface area contributed by atoms with Crippen molar-refractivity contribution in [2.24, 2.45) is 0 Å². The fourth-order valence-corrected chi connectivity index (χ4v) is 3.50. The van der Waals surface area contributed by atoms with Gasteiger partial charge in [0.15, 0.2) is 11.9 Å². The minimum atomic E-state index is -3.40. The van der Waals surface area contributed by atoms with Gasteiger partial charge < -0.3 is 4.74 Å². The number of thiophene rings is 1. The lowest BCUT2D eigenvalue weighted by Crippen LogP contribution is -2.24. The van der Waals surface area contributed by atoms with Crippen LogP contribution in [0.15, 0.2) is 41.8 Å². The molecule has 0 amide bonds. The van der Waals surface area contributed by atoms with Crippen molar-refractivity contribution in [2.45, 2.75) is 25.9 Å². The molecule has 27 heavy (non-hydrogen) atoms. The molecule has 9 heteroatoms. The van der Waals surface area contributed by atoms with Crippen molar-refractivity contribution in [1.82, 2.24) is 0 Å². The van der Waals surface area contributed by atoms with Crippen LogP contribution < -0.4 is 4.72 Å². The van der Waals surface area contributed by atoms with E-state index in [9.17, 15) is 22.8 Å². The second-order valence-corrected chi connectivity index (χ2v) is 8.54. The highest BCUT2D eigenvalue weighted by molar-refractivity contribution is 7.92. The molecule has 2 rings (SSSR count). The molecule has 1 atom stereocenters. The van der Waals surface area contributed by atoms with Crippen LogP contribution in [0.5, 0.6) is 0 Å². The van der Waals surface area contributed by atoms with Crippen LogP contribution in [-0.4, -0.2) is 38.3 Å². The number of ether oxygens (including phenoxy) is 1. The predicted octanol–water partition coefficient (Wildman–Crippen LogP) is 2.90. The van der Waals surface area contributed by atoms with Gasteiger partial charge in [-0.05, 0) is 42.6 Å². The van der Waals surface area contributed by atoms with Crippen molar-refractivity contribution in [3.05, 3.63) is 52.2 Å². The van der Waals surface area contributed by atoms with Crippen molar-refractivity contribution >= 4 is 44.6 Å². The maximum atomic E-state index is 12.3. The fraction of sp³-hybridized carbons (Fsp3) is 0.278. The highest BCUT2D eigenvalue weighted by Gasteiger charge is 2.20. The van der Waals surface area contributed by atoms with Crippen molar-refractivity contribution in [2.75, 3.05) is 11.0 Å². The maximum Gasteiger partial charge on any atom is 0.306 e. The zero-order valence-electron chi connectivity index (χ0n) is 14.8. The number of anilines is 1. The van der Waals surface area contributed by atoms with Gasteiger partial charge in [-0.25, -0.2) is 8.42 Å². The van der Waals surface area contributed by atoms with E-state index in [1.54, 1.807) is 17.5 Å². The average Bonchev–Trinajstić information content (AvgIpc) is 3.13. The molecule has 0 saturated carbocycles. The zero-order chi connectivity index (χ0) is 20.0. The standard InChI is InChI=1S/C18H19NO6S2/c1-12(25-17(21)10-9-15(20)16-4-3-11-26-16)18(22)13-5-7-14(8-6-13)19-27(2,23)24/h3-8,11-12,19H,9-10H2,1-2H3/t12-/m0/s1. The molecule has 2 aromatic rings. The molecule has 144 valence electrons. The van der Waals surface area contributed by atoms with Gasteiger partial charge >= 0.3 is 5.97 Å². The number of Topliss-reactive ketones (excluding diaryl/α,β-unsaturated/α-hetero) is 2. The lowest BCUT2D eigenvalue weighted by atomic mass is 10.1. The highest BCUT2D eigenvalue weighted by atomic mass is 32.2. The van der Waals surface area contributed by atoms with Crippen LogP contribution in [0.3, 0.4) is 0 Å². The first-order chi connectivity index (χ1) is 12.7. The average molecular weight is 409 g/mol. The predicted molar refractivity (Wildman–Crippen MR) is 103 cm³/mol. The maximum absolute atomic E-state index is 12.3. The van der Waals surface area contributed by atoms with Crippen LogP contribution in [0.25, 0.3) is 0 Å². The normalized spacial score (nSPS) is 12.2. The summed E-state index contributed by atoms with van der Waals surface area (Å²) in [5.41, 5.74) is 0.606. The minimum Gasteiger partial charge on any atom is -0.454 e. The molecule has 1 aromatic carbocycles. The van der Waals surface area contributed by atoms with Crippen molar-refractivity contribution in [1.29, 1.82) is 0 Å². The monoisotopic (exact) mass is 409 g/mol. The fourth-order valence-electron chi connectivity index (χ4n) is 2.24. The third-order valence-corrected chi connectivity index (χ3v) is 5.02. The van der Waals surface area contributed by atoms with Gasteiger partial charge in [-0.15, -0.1) is 11.3 Å². The van der Waals surface area contributed by atoms with Crippen molar-refractivity contribution in [3.8, 4) is 0 Å². The summed E-state index contributed by atoms with van der Waals surface area (Å²) in [6.45, 7) is 1.45. The molecule has 7 nitrogen and oxygen atoms in total. The number of hydrogen-bond acceptors (Lipinski definition) is 7. The summed E-state index contributed by atoms with van der Waals surface area (Å²) in [5.74, 6) is -1.19. The molecule has 0 bridgehead atoms. The van der Waals surface area contributed by atoms with E-state index in [-0.39, 0.29) is 24.2 Å². The molecule has 0 unspecified atom stereocenters. The van der Waals surface area contributed by atoms with Crippen LogP contribution in [0.4, 0.5) is 5.69 Å². The Balaban J connectivity index is 1.87. The number of hydrogen-bond donors (Lipinski definition) is 1. The lowest BCUT2D eigenvalue weighted by Gasteiger charge is -2.12. The quantitative estimate of drug-likeness (QED) is 0.504. The van der Waals surface area contributed by atoms with Crippen LogP contribution in [0.1, 0.15) is 39.8 Å². The summed E-state index contributed by atoms with van der Waals surface area (Å²) in [6, 6.07) is 9.23. The summed E-state index contributed by atoms with van der Waals surface area (Å²) in [7, 11) is -3.40. The first-order valence-electron chi connectivity index (χ1n) is 8.04. The van der Waals surface area contributed by atoms with Crippen molar-refractivity contribution < 1.29 is 27.5 Å². The molecule has 0 aliphatic carbocycles. The summed E-state index contributed by atoms with van der Waals surface area (Å²) in [6.07, 6.45) is -0.0721. The van der Waals surface area contributed by atoms with Gasteiger partial charge in [0, 0.05) is 17.7 Å². The van der Waals surface area contributed by atoms with E-state index >= 15 is 0 Å². The van der Waals surface area contributed by atoms with Crippen LogP contribution in [0.2, 0.25) is 0 Å². The van der Waals surface area contributed by atoms with E-state index in [1.165, 1.54) is 42.5 Å². The SMILES string of the molecule is C[C@H](OC(=O)CCC(=O)c1cccs1)C(=O)c1ccc(NS(C)(=O)=O)cc1. The number of ketones is 2. The Kier molecular flexibility index (Phi) is 6.86. The van der Waals surface area contributed by atoms with Gasteiger partial charge in [0.25, 0.3) is 0 Å². The van der Waals surface area contributed by atoms with Crippen LogP contribution in [-0.2, 0) is 19.6 Å². The minimum absolute atomic E-state index is 0.0200. The summed E-state index contributed by atoms with van der Waals surface area (Å²) in [4.78, 5) is 36.6. The van der Waals surface area contributed by atoms with Gasteiger partial charge in [0.2, 0.25) is 15.8 Å². The summed E-state index contributed by atoms with van der Waals surface area (Å²) >= 11 is 1.30. The molecule has 0 radical (unpaired) electrons. The second-order valence-electron chi connectivity index (χ2n) is 5.85. The number of benzene rings is 1. The Morgan fingerprint density at radius 1 is 1.11 bits per heavy atom. The Morgan fingerprint density at radius 2 is 1.78 bits per heavy atom. The number of carbonyl (C=O) groups is 3. The number of nitrogens with one attached hydrogen (secondary N) is 1. The smallest absolute Gasteiger partial charge is 0.306 e. The Labute approximate surface area is 161 Å². The van der Waals surface area contributed by atoms with E-state index in [4.69, 9.17) is 4.74 Å². The first kappa shape index (κ1) is 20.8. The molecule has 0 aliphatic rings. The van der Waals surface area contributed by atoms with Crippen LogP contribution >= 0.6 is 11.3 Å². The largest absolute Gasteiger partial charge is 0.454 e.